The topological polar surface area (TPSA) is 83.9 Å². The number of rotatable bonds is 3. The highest BCUT2D eigenvalue weighted by atomic mass is 16.2. The van der Waals surface area contributed by atoms with E-state index in [2.05, 4.69) is 16.1 Å². The zero-order valence-electron chi connectivity index (χ0n) is 17.7. The molecular formula is C24H25N5O2. The first kappa shape index (κ1) is 19.5. The molecule has 1 saturated heterocycles. The molecule has 2 aromatic heterocycles. The molecule has 7 heteroatoms. The molecule has 1 N–H and O–H groups in total. The van der Waals surface area contributed by atoms with E-state index >= 15 is 0 Å². The molecule has 1 aliphatic rings. The Morgan fingerprint density at radius 1 is 1.19 bits per heavy atom. The van der Waals surface area contributed by atoms with Crippen LogP contribution in [0.3, 0.4) is 0 Å². The van der Waals surface area contributed by atoms with Crippen LogP contribution in [0.2, 0.25) is 0 Å². The third-order valence-corrected chi connectivity index (χ3v) is 6.20. The number of fused-ring (bicyclic) bond motifs is 2. The number of imidazole rings is 1. The molecule has 158 valence electrons. The van der Waals surface area contributed by atoms with E-state index in [4.69, 9.17) is 4.98 Å². The molecule has 1 amide bonds. The highest BCUT2D eigenvalue weighted by molar-refractivity contribution is 5.83. The fourth-order valence-corrected chi connectivity index (χ4v) is 4.51. The second kappa shape index (κ2) is 7.65. The molecule has 4 aromatic rings. The Morgan fingerprint density at radius 3 is 2.90 bits per heavy atom. The molecule has 2 aromatic carbocycles. The number of hydrogen-bond donors (Lipinski definition) is 1. The van der Waals surface area contributed by atoms with Crippen molar-refractivity contribution in [1.82, 2.24) is 24.6 Å². The van der Waals surface area contributed by atoms with E-state index in [1.54, 1.807) is 19.2 Å². The van der Waals surface area contributed by atoms with Gasteiger partial charge in [0, 0.05) is 11.9 Å². The summed E-state index contributed by atoms with van der Waals surface area (Å²) in [7, 11) is 0. The predicted molar refractivity (Wildman–Crippen MR) is 120 cm³/mol. The predicted octanol–water partition coefficient (Wildman–Crippen LogP) is 3.90. The summed E-state index contributed by atoms with van der Waals surface area (Å²) >= 11 is 0. The minimum Gasteiger partial charge on any atom is -0.340 e. The quantitative estimate of drug-likeness (QED) is 0.550. The van der Waals surface area contributed by atoms with Crippen LogP contribution in [0.5, 0.6) is 0 Å². The third kappa shape index (κ3) is 3.40. The number of hydrogen-bond acceptors (Lipinski definition) is 4. The van der Waals surface area contributed by atoms with E-state index in [9.17, 15) is 9.59 Å². The largest absolute Gasteiger partial charge is 0.340 e. The van der Waals surface area contributed by atoms with Crippen molar-refractivity contribution in [3.8, 4) is 0 Å². The number of carbonyl (C=O) groups excluding carboxylic acids is 1. The first-order valence-corrected chi connectivity index (χ1v) is 10.8. The summed E-state index contributed by atoms with van der Waals surface area (Å²) in [6.45, 7) is 4.44. The second-order valence-corrected chi connectivity index (χ2v) is 8.34. The number of H-pyrrole nitrogens is 1. The number of amides is 1. The van der Waals surface area contributed by atoms with E-state index in [1.165, 1.54) is 4.68 Å². The van der Waals surface area contributed by atoms with Gasteiger partial charge in [0.2, 0.25) is 5.91 Å². The fourth-order valence-electron chi connectivity index (χ4n) is 4.51. The van der Waals surface area contributed by atoms with Crippen LogP contribution in [0.25, 0.3) is 21.8 Å². The normalized spacial score (nSPS) is 17.9. The van der Waals surface area contributed by atoms with Crippen LogP contribution in [-0.4, -0.2) is 37.1 Å². The molecule has 0 spiro atoms. The van der Waals surface area contributed by atoms with Crippen LogP contribution < -0.4 is 5.56 Å². The van der Waals surface area contributed by atoms with Gasteiger partial charge in [-0.2, -0.15) is 5.10 Å². The van der Waals surface area contributed by atoms with E-state index in [1.807, 2.05) is 42.2 Å². The monoisotopic (exact) mass is 415 g/mol. The average molecular weight is 415 g/mol. The van der Waals surface area contributed by atoms with Gasteiger partial charge in [-0.25, -0.2) is 9.67 Å². The highest BCUT2D eigenvalue weighted by Crippen LogP contribution is 2.32. The Balaban J connectivity index is 1.49. The highest BCUT2D eigenvalue weighted by Gasteiger charge is 2.34. The Bertz CT molecular complexity index is 1340. The lowest BCUT2D eigenvalue weighted by molar-refractivity contribution is -0.138. The standard InChI is InChI=1S/C24H25N5O2/c1-15-10-11-19-20(13-15)27-22(26-19)21-9-5-6-12-28(21)23(30)16(2)29-24(31)18-8-4-3-7-17(18)14-25-29/h3-4,7-8,10-11,13-14,16,21H,5-6,9,12H2,1-2H3,(H,26,27)/t16-,21-/m1/s1. The van der Waals surface area contributed by atoms with Crippen molar-refractivity contribution in [2.75, 3.05) is 6.54 Å². The molecule has 7 nitrogen and oxygen atoms in total. The van der Waals surface area contributed by atoms with Crippen molar-refractivity contribution in [3.05, 3.63) is 70.4 Å². The molecule has 1 fully saturated rings. The molecule has 3 heterocycles. The minimum atomic E-state index is -0.690. The summed E-state index contributed by atoms with van der Waals surface area (Å²) in [5.74, 6) is 0.700. The Hall–Kier alpha value is -3.48. The van der Waals surface area contributed by atoms with Crippen LogP contribution in [0, 0.1) is 6.92 Å². The van der Waals surface area contributed by atoms with Crippen molar-refractivity contribution in [3.63, 3.8) is 0 Å². The molecule has 2 atom stereocenters. The van der Waals surface area contributed by atoms with Gasteiger partial charge in [0.1, 0.15) is 11.9 Å². The van der Waals surface area contributed by atoms with Crippen LogP contribution in [0.4, 0.5) is 0 Å². The third-order valence-electron chi connectivity index (χ3n) is 6.20. The maximum Gasteiger partial charge on any atom is 0.275 e. The fraction of sp³-hybridized carbons (Fsp3) is 0.333. The van der Waals surface area contributed by atoms with Crippen LogP contribution >= 0.6 is 0 Å². The maximum absolute atomic E-state index is 13.5. The summed E-state index contributed by atoms with van der Waals surface area (Å²) in [6.07, 6.45) is 4.47. The van der Waals surface area contributed by atoms with Gasteiger partial charge in [-0.1, -0.05) is 24.3 Å². The smallest absolute Gasteiger partial charge is 0.275 e. The number of likely N-dealkylation sites (tertiary alicyclic amines) is 1. The van der Waals surface area contributed by atoms with Crippen molar-refractivity contribution in [1.29, 1.82) is 0 Å². The number of benzene rings is 2. The Morgan fingerprint density at radius 2 is 2.03 bits per heavy atom. The van der Waals surface area contributed by atoms with Crippen molar-refractivity contribution in [2.45, 2.75) is 45.2 Å². The number of aryl methyl sites for hydroxylation is 1. The van der Waals surface area contributed by atoms with Gasteiger partial charge >= 0.3 is 0 Å². The maximum atomic E-state index is 13.5. The van der Waals surface area contributed by atoms with Gasteiger partial charge in [-0.15, -0.1) is 0 Å². The molecule has 0 aliphatic carbocycles. The molecule has 1 aliphatic heterocycles. The first-order chi connectivity index (χ1) is 15.0. The van der Waals surface area contributed by atoms with Crippen molar-refractivity contribution >= 4 is 27.7 Å². The second-order valence-electron chi connectivity index (χ2n) is 8.34. The van der Waals surface area contributed by atoms with Gasteiger partial charge in [0.05, 0.1) is 28.7 Å². The van der Waals surface area contributed by atoms with Crippen LogP contribution in [-0.2, 0) is 4.79 Å². The van der Waals surface area contributed by atoms with Gasteiger partial charge < -0.3 is 9.88 Å². The number of carbonyl (C=O) groups is 1. The zero-order valence-corrected chi connectivity index (χ0v) is 17.7. The lowest BCUT2D eigenvalue weighted by atomic mass is 10.0. The lowest BCUT2D eigenvalue weighted by Crippen LogP contribution is -2.44. The first-order valence-electron chi connectivity index (χ1n) is 10.8. The molecule has 5 rings (SSSR count). The number of aromatic amines is 1. The van der Waals surface area contributed by atoms with E-state index in [0.29, 0.717) is 11.9 Å². The Kier molecular flexibility index (Phi) is 4.81. The van der Waals surface area contributed by atoms with Crippen LogP contribution in [0.1, 0.15) is 49.7 Å². The molecular weight excluding hydrogens is 390 g/mol. The molecule has 0 unspecified atom stereocenters. The molecule has 31 heavy (non-hydrogen) atoms. The van der Waals surface area contributed by atoms with Gasteiger partial charge in [0.25, 0.3) is 5.56 Å². The summed E-state index contributed by atoms with van der Waals surface area (Å²) < 4.78 is 1.30. The summed E-state index contributed by atoms with van der Waals surface area (Å²) in [5.41, 5.74) is 2.80. The summed E-state index contributed by atoms with van der Waals surface area (Å²) in [4.78, 5) is 36.5. The van der Waals surface area contributed by atoms with Gasteiger partial charge in [-0.3, -0.25) is 9.59 Å². The lowest BCUT2D eigenvalue weighted by Gasteiger charge is -2.36. The van der Waals surface area contributed by atoms with Crippen molar-refractivity contribution in [2.24, 2.45) is 0 Å². The molecule has 0 bridgehead atoms. The molecule has 0 radical (unpaired) electrons. The Labute approximate surface area is 179 Å². The van der Waals surface area contributed by atoms with E-state index in [0.717, 1.165) is 47.1 Å². The van der Waals surface area contributed by atoms with E-state index in [-0.39, 0.29) is 17.5 Å². The minimum absolute atomic E-state index is 0.105. The number of piperidine rings is 1. The van der Waals surface area contributed by atoms with Gasteiger partial charge in [-0.05, 0) is 56.9 Å². The zero-order chi connectivity index (χ0) is 21.5. The number of nitrogens with one attached hydrogen (secondary N) is 1. The SMILES string of the molecule is Cc1ccc2nc([C@H]3CCCCN3C(=O)[C@@H](C)n3ncc4ccccc4c3=O)[nH]c2c1. The number of nitrogens with zero attached hydrogens (tertiary/aromatic N) is 4. The summed E-state index contributed by atoms with van der Waals surface area (Å²) in [5, 5.41) is 5.64. The van der Waals surface area contributed by atoms with Crippen molar-refractivity contribution < 1.29 is 4.79 Å². The van der Waals surface area contributed by atoms with E-state index < -0.39 is 6.04 Å². The summed E-state index contributed by atoms with van der Waals surface area (Å²) in [6, 6.07) is 12.6. The molecule has 0 saturated carbocycles. The van der Waals surface area contributed by atoms with Crippen LogP contribution in [0.15, 0.2) is 53.5 Å². The number of aromatic nitrogens is 4. The average Bonchev–Trinajstić information content (AvgIpc) is 3.21. The van der Waals surface area contributed by atoms with Gasteiger partial charge in [0.15, 0.2) is 0 Å².